The number of hydrogen-bond donors (Lipinski definition) is 0. The maximum atomic E-state index is 6.70. The van der Waals surface area contributed by atoms with Crippen LogP contribution in [-0.4, -0.2) is 0 Å². The summed E-state index contributed by atoms with van der Waals surface area (Å²) in [5.41, 5.74) is 14.7. The van der Waals surface area contributed by atoms with Gasteiger partial charge in [-0.05, 0) is 89.5 Å². The van der Waals surface area contributed by atoms with Gasteiger partial charge in [-0.1, -0.05) is 117 Å². The monoisotopic (exact) mass is 708 g/mol. The molecule has 10 aromatic rings. The Balaban J connectivity index is 1.08. The number of furan rings is 2. The Morgan fingerprint density at radius 3 is 1.69 bits per heavy atom. The molecule has 11 rings (SSSR count). The van der Waals surface area contributed by atoms with Gasteiger partial charge < -0.3 is 18.6 Å². The van der Waals surface area contributed by atoms with E-state index in [0.717, 1.165) is 77.8 Å². The summed E-state index contributed by atoms with van der Waals surface area (Å²) < 4.78 is 13.0. The first kappa shape index (κ1) is 31.5. The molecular weight excluding hydrogens is 673 g/mol. The van der Waals surface area contributed by atoms with Crippen molar-refractivity contribution in [2.45, 2.75) is 19.3 Å². The van der Waals surface area contributed by atoms with Gasteiger partial charge in [-0.25, -0.2) is 0 Å². The maximum Gasteiger partial charge on any atom is 0.143 e. The summed E-state index contributed by atoms with van der Waals surface area (Å²) in [4.78, 5) is 4.72. The van der Waals surface area contributed by atoms with Crippen LogP contribution in [0.5, 0.6) is 0 Å². The molecule has 0 aliphatic carbocycles. The molecule has 0 amide bonds. The van der Waals surface area contributed by atoms with Gasteiger partial charge in [0.2, 0.25) is 0 Å². The van der Waals surface area contributed by atoms with Crippen LogP contribution in [0.3, 0.4) is 0 Å². The lowest BCUT2D eigenvalue weighted by Gasteiger charge is -2.42. The van der Waals surface area contributed by atoms with E-state index in [4.69, 9.17) is 8.83 Å². The van der Waals surface area contributed by atoms with E-state index in [1.807, 2.05) is 18.2 Å². The van der Waals surface area contributed by atoms with Crippen LogP contribution in [0.4, 0.5) is 34.1 Å². The van der Waals surface area contributed by atoms with E-state index in [0.29, 0.717) is 0 Å². The average molecular weight is 709 g/mol. The maximum absolute atomic E-state index is 6.70. The molecule has 0 saturated heterocycles. The molecule has 0 radical (unpaired) electrons. The second-order valence-electron chi connectivity index (χ2n) is 15.0. The summed E-state index contributed by atoms with van der Waals surface area (Å²) in [7, 11) is 0. The Hall–Kier alpha value is -7.04. The van der Waals surface area contributed by atoms with Crippen LogP contribution in [0.25, 0.3) is 55.0 Å². The molecule has 4 nitrogen and oxygen atoms in total. The van der Waals surface area contributed by atoms with Crippen molar-refractivity contribution in [2.24, 2.45) is 0 Å². The molecule has 0 unspecified atom stereocenters. The van der Waals surface area contributed by atoms with E-state index in [-0.39, 0.29) is 5.41 Å². The highest BCUT2D eigenvalue weighted by Crippen LogP contribution is 2.53. The van der Waals surface area contributed by atoms with E-state index in [1.54, 1.807) is 0 Å². The Labute approximate surface area is 319 Å². The third-order valence-corrected chi connectivity index (χ3v) is 11.4. The largest absolute Gasteiger partial charge is 0.456 e. The van der Waals surface area contributed by atoms with Crippen LogP contribution in [-0.2, 0) is 5.41 Å². The van der Waals surface area contributed by atoms with E-state index in [1.165, 1.54) is 22.5 Å². The van der Waals surface area contributed by atoms with Crippen molar-refractivity contribution in [1.82, 2.24) is 0 Å². The van der Waals surface area contributed by atoms with Gasteiger partial charge in [-0.15, -0.1) is 0 Å². The average Bonchev–Trinajstić information content (AvgIpc) is 3.80. The van der Waals surface area contributed by atoms with Crippen molar-refractivity contribution < 1.29 is 8.83 Å². The molecule has 55 heavy (non-hydrogen) atoms. The summed E-state index contributed by atoms with van der Waals surface area (Å²) in [5, 5.41) is 4.43. The number of nitrogens with zero attached hydrogens (tertiary/aromatic N) is 2. The normalized spacial score (nSPS) is 13.4. The van der Waals surface area contributed by atoms with Gasteiger partial charge in [0.05, 0.1) is 11.4 Å². The van der Waals surface area contributed by atoms with Gasteiger partial charge in [0.1, 0.15) is 22.3 Å². The lowest BCUT2D eigenvalue weighted by molar-refractivity contribution is 0.632. The topological polar surface area (TPSA) is 32.8 Å². The van der Waals surface area contributed by atoms with E-state index < -0.39 is 0 Å². The van der Waals surface area contributed by atoms with Crippen molar-refractivity contribution >= 4 is 78.0 Å². The van der Waals surface area contributed by atoms with Gasteiger partial charge in [0.15, 0.2) is 0 Å². The minimum Gasteiger partial charge on any atom is -0.456 e. The second-order valence-corrected chi connectivity index (χ2v) is 15.0. The van der Waals surface area contributed by atoms with Crippen LogP contribution in [0.15, 0.2) is 191 Å². The van der Waals surface area contributed by atoms with Gasteiger partial charge in [0.25, 0.3) is 0 Å². The van der Waals surface area contributed by atoms with Crippen LogP contribution < -0.4 is 9.80 Å². The molecule has 0 saturated carbocycles. The molecule has 2 aromatic heterocycles. The number of rotatable bonds is 5. The number of hydrogen-bond acceptors (Lipinski definition) is 4. The van der Waals surface area contributed by atoms with E-state index in [9.17, 15) is 0 Å². The highest BCUT2D eigenvalue weighted by molar-refractivity contribution is 6.12. The zero-order valence-corrected chi connectivity index (χ0v) is 30.5. The van der Waals surface area contributed by atoms with Crippen LogP contribution in [0.2, 0.25) is 0 Å². The SMILES string of the molecule is CC1(C)c2ccccc2N(c2cc(-c3ccc(N(c4ccccc4)c4ccc5c(c4)oc4ccccc45)cc3)c3oc4ccccc4c3c2)c2ccccc21. The summed E-state index contributed by atoms with van der Waals surface area (Å²) >= 11 is 0. The molecule has 8 aromatic carbocycles. The van der Waals surface area contributed by atoms with Crippen LogP contribution >= 0.6 is 0 Å². The van der Waals surface area contributed by atoms with Crippen LogP contribution in [0.1, 0.15) is 25.0 Å². The predicted octanol–water partition coefficient (Wildman–Crippen LogP) is 14.7. The molecule has 0 fully saturated rings. The minimum absolute atomic E-state index is 0.144. The number of benzene rings is 8. The summed E-state index contributed by atoms with van der Waals surface area (Å²) in [6.45, 7) is 4.66. The quantitative estimate of drug-likeness (QED) is 0.178. The lowest BCUT2D eigenvalue weighted by Crippen LogP contribution is -2.30. The van der Waals surface area contributed by atoms with Crippen molar-refractivity contribution in [3.05, 3.63) is 193 Å². The van der Waals surface area contributed by atoms with Gasteiger partial charge in [0, 0.05) is 61.3 Å². The van der Waals surface area contributed by atoms with E-state index in [2.05, 4.69) is 187 Å². The standard InChI is InChI=1S/C51H36N2O2/c1-51(2)43-18-8-10-20-45(43)53(46-21-11-9-19-44(46)51)37-30-41(50-42(31-37)39-17-7-13-23-48(39)55-50)33-24-26-35(27-25-33)52(34-14-4-3-5-15-34)36-28-29-40-38-16-6-12-22-47(38)54-49(40)32-36/h3-32H,1-2H3. The van der Waals surface area contributed by atoms with Crippen molar-refractivity contribution in [3.63, 3.8) is 0 Å². The highest BCUT2D eigenvalue weighted by atomic mass is 16.3. The third-order valence-electron chi connectivity index (χ3n) is 11.4. The zero-order valence-electron chi connectivity index (χ0n) is 30.5. The second kappa shape index (κ2) is 12.0. The Morgan fingerprint density at radius 1 is 0.436 bits per heavy atom. The lowest BCUT2D eigenvalue weighted by atomic mass is 9.73. The summed E-state index contributed by atoms with van der Waals surface area (Å²) in [6, 6.07) is 64.7. The Morgan fingerprint density at radius 2 is 0.982 bits per heavy atom. The first-order valence-electron chi connectivity index (χ1n) is 18.8. The first-order chi connectivity index (χ1) is 27.0. The molecular formula is C51H36N2O2. The predicted molar refractivity (Wildman–Crippen MR) is 228 cm³/mol. The Kier molecular flexibility index (Phi) is 6.86. The van der Waals surface area contributed by atoms with Gasteiger partial charge >= 0.3 is 0 Å². The molecule has 262 valence electrons. The minimum atomic E-state index is -0.144. The number of para-hydroxylation sites is 5. The number of anilines is 6. The van der Waals surface area contributed by atoms with Crippen molar-refractivity contribution in [2.75, 3.05) is 9.80 Å². The zero-order chi connectivity index (χ0) is 36.7. The third kappa shape index (κ3) is 4.85. The molecule has 0 atom stereocenters. The molecule has 0 spiro atoms. The smallest absolute Gasteiger partial charge is 0.143 e. The van der Waals surface area contributed by atoms with Crippen LogP contribution in [0, 0.1) is 0 Å². The van der Waals surface area contributed by atoms with Crippen molar-refractivity contribution in [3.8, 4) is 11.1 Å². The highest BCUT2D eigenvalue weighted by Gasteiger charge is 2.37. The van der Waals surface area contributed by atoms with Gasteiger partial charge in [-0.2, -0.15) is 0 Å². The molecule has 4 heteroatoms. The number of fused-ring (bicyclic) bond motifs is 8. The fourth-order valence-corrected chi connectivity index (χ4v) is 8.77. The van der Waals surface area contributed by atoms with Gasteiger partial charge in [-0.3, -0.25) is 0 Å². The summed E-state index contributed by atoms with van der Waals surface area (Å²) in [5.74, 6) is 0. The molecule has 3 heterocycles. The molecule has 0 N–H and O–H groups in total. The fourth-order valence-electron chi connectivity index (χ4n) is 8.77. The molecule has 1 aliphatic rings. The molecule has 0 bridgehead atoms. The van der Waals surface area contributed by atoms with E-state index >= 15 is 0 Å². The molecule has 1 aliphatic heterocycles. The Bertz CT molecular complexity index is 3030. The first-order valence-corrected chi connectivity index (χ1v) is 18.8. The summed E-state index contributed by atoms with van der Waals surface area (Å²) in [6.07, 6.45) is 0. The van der Waals surface area contributed by atoms with Crippen molar-refractivity contribution in [1.29, 1.82) is 0 Å². The fraction of sp³-hybridized carbons (Fsp3) is 0.0588.